The number of aromatic nitrogens is 4. The molecule has 1 fully saturated rings. The number of para-hydroxylation sites is 1. The predicted octanol–water partition coefficient (Wildman–Crippen LogP) is 3.47. The lowest BCUT2D eigenvalue weighted by Crippen LogP contribution is -2.44. The smallest absolute Gasteiger partial charge is 0.374 e. The van der Waals surface area contributed by atoms with Gasteiger partial charge in [-0.2, -0.15) is 17.9 Å². The van der Waals surface area contributed by atoms with Crippen LogP contribution in [0.3, 0.4) is 0 Å². The lowest BCUT2D eigenvalue weighted by Gasteiger charge is -2.35. The second-order valence-corrected chi connectivity index (χ2v) is 6.67. The van der Waals surface area contributed by atoms with Crippen molar-refractivity contribution in [2.45, 2.75) is 6.18 Å². The lowest BCUT2D eigenvalue weighted by atomic mass is 10.1. The lowest BCUT2D eigenvalue weighted by molar-refractivity contribution is -0.137. The molecule has 6 nitrogen and oxygen atoms in total. The van der Waals surface area contributed by atoms with E-state index in [4.69, 9.17) is 0 Å². The minimum atomic E-state index is -4.33. The number of nitrogens with zero attached hydrogens (tertiary/aromatic N) is 6. The van der Waals surface area contributed by atoms with E-state index in [1.54, 1.807) is 10.7 Å². The van der Waals surface area contributed by atoms with Crippen LogP contribution in [0.1, 0.15) is 11.4 Å². The molecule has 0 amide bonds. The van der Waals surface area contributed by atoms with Crippen LogP contribution in [-0.2, 0) is 6.18 Å². The van der Waals surface area contributed by atoms with Crippen molar-refractivity contribution in [3.05, 3.63) is 72.2 Å². The van der Waals surface area contributed by atoms with Crippen LogP contribution in [-0.4, -0.2) is 51.3 Å². The monoisotopic (exact) mass is 400 g/mol. The minimum absolute atomic E-state index is 0.594. The Morgan fingerprint density at radius 2 is 1.59 bits per heavy atom. The highest BCUT2D eigenvalue weighted by atomic mass is 19.4. The van der Waals surface area contributed by atoms with Crippen molar-refractivity contribution in [3.63, 3.8) is 0 Å². The van der Waals surface area contributed by atoms with Crippen LogP contribution in [0, 0.1) is 0 Å². The molecule has 3 aromatic rings. The summed E-state index contributed by atoms with van der Waals surface area (Å²) in [7, 11) is 0. The summed E-state index contributed by atoms with van der Waals surface area (Å²) in [6.07, 6.45) is -0.565. The van der Waals surface area contributed by atoms with Gasteiger partial charge < -0.3 is 9.80 Å². The average molecular weight is 400 g/mol. The van der Waals surface area contributed by atoms with Crippen LogP contribution < -0.4 is 4.90 Å². The Bertz CT molecular complexity index is 975. The molecule has 0 N–H and O–H groups in total. The number of benzene rings is 2. The molecule has 9 heteroatoms. The largest absolute Gasteiger partial charge is 0.416 e. The van der Waals surface area contributed by atoms with Crippen molar-refractivity contribution in [1.82, 2.24) is 25.1 Å². The molecule has 4 rings (SSSR count). The molecule has 1 aromatic heterocycles. The molecule has 0 bridgehead atoms. The summed E-state index contributed by atoms with van der Waals surface area (Å²) in [6.45, 7) is 2.66. The van der Waals surface area contributed by atoms with Crippen LogP contribution >= 0.6 is 0 Å². The number of tetrazole rings is 1. The average Bonchev–Trinajstić information content (AvgIpc) is 3.21. The summed E-state index contributed by atoms with van der Waals surface area (Å²) in [4.78, 5) is 4.07. The molecule has 0 radical (unpaired) electrons. The van der Waals surface area contributed by atoms with Crippen molar-refractivity contribution < 1.29 is 13.2 Å². The van der Waals surface area contributed by atoms with Gasteiger partial charge in [0.1, 0.15) is 0 Å². The zero-order chi connectivity index (χ0) is 20.3. The Morgan fingerprint density at radius 3 is 2.31 bits per heavy atom. The van der Waals surface area contributed by atoms with E-state index in [9.17, 15) is 13.2 Å². The number of alkyl halides is 3. The van der Waals surface area contributed by atoms with Gasteiger partial charge in [0, 0.05) is 44.1 Å². The van der Waals surface area contributed by atoms with Gasteiger partial charge in [-0.25, -0.2) is 0 Å². The SMILES string of the molecule is FC(F)(F)c1cccc(N2CCN(C=Cc3nnnn3-c3ccccc3)CC2)c1. The maximum Gasteiger partial charge on any atom is 0.416 e. The molecule has 1 saturated heterocycles. The van der Waals surface area contributed by atoms with E-state index in [1.165, 1.54) is 12.1 Å². The molecule has 150 valence electrons. The van der Waals surface area contributed by atoms with Gasteiger partial charge in [0.25, 0.3) is 0 Å². The number of hydrogen-bond acceptors (Lipinski definition) is 5. The fourth-order valence-corrected chi connectivity index (χ4v) is 3.23. The summed E-state index contributed by atoms with van der Waals surface area (Å²) >= 11 is 0. The van der Waals surface area contributed by atoms with Gasteiger partial charge in [-0.1, -0.05) is 24.3 Å². The first-order valence-electron chi connectivity index (χ1n) is 9.19. The Kier molecular flexibility index (Phi) is 5.20. The highest BCUT2D eigenvalue weighted by Crippen LogP contribution is 2.31. The first kappa shape index (κ1) is 19.0. The minimum Gasteiger partial charge on any atom is -0.374 e. The highest BCUT2D eigenvalue weighted by molar-refractivity contribution is 5.50. The maximum atomic E-state index is 12.9. The Balaban J connectivity index is 1.40. The van der Waals surface area contributed by atoms with Gasteiger partial charge in [0.2, 0.25) is 0 Å². The highest BCUT2D eigenvalue weighted by Gasteiger charge is 2.31. The van der Waals surface area contributed by atoms with Crippen molar-refractivity contribution >= 4 is 11.8 Å². The molecule has 0 saturated carbocycles. The van der Waals surface area contributed by atoms with E-state index in [-0.39, 0.29) is 0 Å². The van der Waals surface area contributed by atoms with E-state index in [1.807, 2.05) is 47.5 Å². The van der Waals surface area contributed by atoms with Gasteiger partial charge in [-0.3, -0.25) is 0 Å². The number of halogens is 3. The zero-order valence-corrected chi connectivity index (χ0v) is 15.5. The third kappa shape index (κ3) is 4.39. The summed E-state index contributed by atoms with van der Waals surface area (Å²) in [6, 6.07) is 15.1. The standard InChI is InChI=1S/C20H19F3N6/c21-20(22,23)16-5-4-8-18(15-16)28-13-11-27(12-14-28)10-9-19-24-25-26-29(19)17-6-2-1-3-7-17/h1-10,15H,11-14H2. The Morgan fingerprint density at radius 1 is 0.862 bits per heavy atom. The topological polar surface area (TPSA) is 50.1 Å². The molecular weight excluding hydrogens is 381 g/mol. The number of rotatable bonds is 4. The third-order valence-electron chi connectivity index (χ3n) is 4.78. The van der Waals surface area contributed by atoms with Crippen molar-refractivity contribution in [1.29, 1.82) is 0 Å². The van der Waals surface area contributed by atoms with E-state index in [0.29, 0.717) is 37.7 Å². The zero-order valence-electron chi connectivity index (χ0n) is 15.5. The van der Waals surface area contributed by atoms with Crippen molar-refractivity contribution in [3.8, 4) is 5.69 Å². The van der Waals surface area contributed by atoms with Crippen LogP contribution in [0.15, 0.2) is 60.8 Å². The second kappa shape index (κ2) is 7.94. The summed E-state index contributed by atoms with van der Waals surface area (Å²) in [5, 5.41) is 11.8. The van der Waals surface area contributed by atoms with Crippen molar-refractivity contribution in [2.24, 2.45) is 0 Å². The first-order chi connectivity index (χ1) is 14.0. The molecule has 1 aliphatic rings. The molecule has 0 spiro atoms. The predicted molar refractivity (Wildman–Crippen MR) is 103 cm³/mol. The van der Waals surface area contributed by atoms with Gasteiger partial charge in [0.05, 0.1) is 11.3 Å². The van der Waals surface area contributed by atoms with Crippen LogP contribution in [0.4, 0.5) is 18.9 Å². The van der Waals surface area contributed by atoms with Crippen LogP contribution in [0.2, 0.25) is 0 Å². The van der Waals surface area contributed by atoms with E-state index < -0.39 is 11.7 Å². The fourth-order valence-electron chi connectivity index (χ4n) is 3.23. The normalized spacial score (nSPS) is 15.3. The number of anilines is 1. The molecular formula is C20H19F3N6. The summed E-state index contributed by atoms with van der Waals surface area (Å²) in [5.41, 5.74) is 0.841. The number of hydrogen-bond donors (Lipinski definition) is 0. The second-order valence-electron chi connectivity index (χ2n) is 6.67. The Hall–Kier alpha value is -3.36. The summed E-state index contributed by atoms with van der Waals surface area (Å²) < 4.78 is 40.4. The van der Waals surface area contributed by atoms with Gasteiger partial charge in [-0.05, 0) is 40.8 Å². The molecule has 1 aliphatic heterocycles. The van der Waals surface area contributed by atoms with E-state index in [2.05, 4.69) is 20.4 Å². The Labute approximate surface area is 165 Å². The molecule has 2 aromatic carbocycles. The van der Waals surface area contributed by atoms with Crippen LogP contribution in [0.5, 0.6) is 0 Å². The van der Waals surface area contributed by atoms with Gasteiger partial charge in [-0.15, -0.1) is 5.10 Å². The molecule has 0 aliphatic carbocycles. The molecule has 0 atom stereocenters. The summed E-state index contributed by atoms with van der Waals surface area (Å²) in [5.74, 6) is 0.608. The van der Waals surface area contributed by atoms with E-state index >= 15 is 0 Å². The van der Waals surface area contributed by atoms with Gasteiger partial charge >= 0.3 is 6.18 Å². The first-order valence-corrected chi connectivity index (χ1v) is 9.19. The van der Waals surface area contributed by atoms with E-state index in [0.717, 1.165) is 11.8 Å². The fraction of sp³-hybridized carbons (Fsp3) is 0.250. The van der Waals surface area contributed by atoms with Crippen molar-refractivity contribution in [2.75, 3.05) is 31.1 Å². The van der Waals surface area contributed by atoms with Gasteiger partial charge in [0.15, 0.2) is 5.82 Å². The third-order valence-corrected chi connectivity index (χ3v) is 4.78. The molecule has 0 unspecified atom stereocenters. The molecule has 2 heterocycles. The quantitative estimate of drug-likeness (QED) is 0.671. The number of piperazine rings is 1. The molecule has 29 heavy (non-hydrogen) atoms. The maximum absolute atomic E-state index is 12.9. The van der Waals surface area contributed by atoms with Crippen LogP contribution in [0.25, 0.3) is 11.8 Å².